The van der Waals surface area contributed by atoms with Crippen molar-refractivity contribution in [3.63, 3.8) is 0 Å². The first-order chi connectivity index (χ1) is 16.5. The van der Waals surface area contributed by atoms with Crippen molar-refractivity contribution in [2.24, 2.45) is 0 Å². The molecule has 2 heterocycles. The van der Waals surface area contributed by atoms with Gasteiger partial charge in [-0.25, -0.2) is 27.0 Å². The van der Waals surface area contributed by atoms with E-state index in [2.05, 4.69) is 10.4 Å². The smallest absolute Gasteiger partial charge is 0.331 e. The molecule has 1 aliphatic rings. The number of sulfonamides is 1. The average Bonchev–Trinajstić information content (AvgIpc) is 3.43. The van der Waals surface area contributed by atoms with Crippen LogP contribution in [-0.2, 0) is 22.6 Å². The van der Waals surface area contributed by atoms with E-state index in [0.717, 1.165) is 23.5 Å². The van der Waals surface area contributed by atoms with Crippen molar-refractivity contribution in [3.8, 4) is 5.69 Å². The lowest BCUT2D eigenvalue weighted by Crippen LogP contribution is -2.39. The van der Waals surface area contributed by atoms with Crippen molar-refractivity contribution in [1.82, 2.24) is 19.8 Å². The summed E-state index contributed by atoms with van der Waals surface area (Å²) in [5.41, 5.74) is 0.841. The number of thiophene rings is 1. The van der Waals surface area contributed by atoms with Gasteiger partial charge in [0.05, 0.1) is 34.0 Å². The van der Waals surface area contributed by atoms with E-state index in [9.17, 15) is 26.4 Å². The van der Waals surface area contributed by atoms with Crippen molar-refractivity contribution in [3.05, 3.63) is 69.6 Å². The molecule has 14 heteroatoms. The van der Waals surface area contributed by atoms with E-state index in [4.69, 9.17) is 11.6 Å². The Labute approximate surface area is 206 Å². The average molecular weight is 549 g/mol. The first-order valence-corrected chi connectivity index (χ1v) is 12.8. The van der Waals surface area contributed by atoms with Gasteiger partial charge in [0.1, 0.15) is 10.0 Å². The van der Waals surface area contributed by atoms with Crippen LogP contribution in [0.25, 0.3) is 11.3 Å². The van der Waals surface area contributed by atoms with E-state index in [1.807, 2.05) is 0 Å². The number of alkyl halides is 3. The van der Waals surface area contributed by atoms with Crippen LogP contribution in [0.1, 0.15) is 29.7 Å². The molecular formula is C21H17ClF4N4O3S2. The summed E-state index contributed by atoms with van der Waals surface area (Å²) in [7, 11) is -4.17. The third kappa shape index (κ3) is 5.52. The van der Waals surface area contributed by atoms with Gasteiger partial charge in [0.2, 0.25) is 0 Å². The molecule has 0 fully saturated rings. The number of aromatic nitrogens is 2. The number of benzene rings is 1. The summed E-state index contributed by atoms with van der Waals surface area (Å²) in [6.45, 7) is -0.598. The molecule has 7 nitrogen and oxygen atoms in total. The zero-order valence-corrected chi connectivity index (χ0v) is 20.1. The maximum Gasteiger partial charge on any atom is 0.416 e. The van der Waals surface area contributed by atoms with E-state index in [-0.39, 0.29) is 14.1 Å². The number of rotatable bonds is 5. The number of allylic oxidation sites excluding steroid dienone is 1. The third-order valence-electron chi connectivity index (χ3n) is 5.22. The van der Waals surface area contributed by atoms with Crippen LogP contribution in [0.4, 0.5) is 22.4 Å². The second-order valence-corrected chi connectivity index (χ2v) is 11.2. The lowest BCUT2D eigenvalue weighted by atomic mass is 9.92. The molecule has 0 radical (unpaired) electrons. The number of hydrogen-bond donors (Lipinski definition) is 2. The number of carbonyl (C=O) groups is 1. The van der Waals surface area contributed by atoms with Crippen LogP contribution in [0, 0.1) is 0 Å². The number of urea groups is 1. The Morgan fingerprint density at radius 3 is 2.49 bits per heavy atom. The van der Waals surface area contributed by atoms with E-state index >= 15 is 4.39 Å². The van der Waals surface area contributed by atoms with Crippen LogP contribution in [0.3, 0.4) is 0 Å². The van der Waals surface area contributed by atoms with Crippen LogP contribution in [-0.4, -0.2) is 30.8 Å². The van der Waals surface area contributed by atoms with Crippen molar-refractivity contribution in [1.29, 1.82) is 0 Å². The normalized spacial score (nSPS) is 15.5. The fraction of sp³-hybridized carbons (Fsp3) is 0.238. The number of nitrogens with zero attached hydrogens (tertiary/aromatic N) is 2. The van der Waals surface area contributed by atoms with E-state index in [1.165, 1.54) is 35.1 Å². The SMILES string of the molecule is O=C(NCC(F)=C1CCCc2cnn(-c3ccc(C(F)(F)F)cc3)c21)NS(=O)(=O)c1ccc(Cl)s1. The molecule has 0 atom stereocenters. The van der Waals surface area contributed by atoms with Crippen LogP contribution in [0.2, 0.25) is 4.34 Å². The maximum absolute atomic E-state index is 15.2. The summed E-state index contributed by atoms with van der Waals surface area (Å²) in [5.74, 6) is -0.716. The maximum atomic E-state index is 15.2. The monoisotopic (exact) mass is 548 g/mol. The van der Waals surface area contributed by atoms with Crippen LogP contribution >= 0.6 is 22.9 Å². The van der Waals surface area contributed by atoms with Crippen LogP contribution in [0.5, 0.6) is 0 Å². The molecule has 0 saturated heterocycles. The Balaban J connectivity index is 1.53. The van der Waals surface area contributed by atoms with Gasteiger partial charge in [0.25, 0.3) is 10.0 Å². The Hall–Kier alpha value is -2.90. The Morgan fingerprint density at radius 1 is 1.14 bits per heavy atom. The standard InChI is InChI=1S/C21H17ClF4N4O3S2/c22-17-8-9-18(34-17)35(32,33)29-20(31)27-11-16(23)15-3-1-2-12-10-28-30(19(12)15)14-6-4-13(5-7-14)21(24,25)26/h4-10H,1-3,11H2,(H2,27,29,31). The van der Waals surface area contributed by atoms with Crippen LogP contribution < -0.4 is 10.0 Å². The zero-order valence-electron chi connectivity index (χ0n) is 17.7. The fourth-order valence-electron chi connectivity index (χ4n) is 3.63. The molecule has 2 N–H and O–H groups in total. The molecule has 2 amide bonds. The lowest BCUT2D eigenvalue weighted by molar-refractivity contribution is -0.137. The van der Waals surface area contributed by atoms with Gasteiger partial charge in [-0.15, -0.1) is 11.3 Å². The molecule has 1 aliphatic carbocycles. The molecule has 0 aliphatic heterocycles. The quantitative estimate of drug-likeness (QED) is 0.423. The zero-order chi connectivity index (χ0) is 25.4. The second-order valence-electron chi connectivity index (χ2n) is 7.56. The number of aryl methyl sites for hydroxylation is 1. The van der Waals surface area contributed by atoms with E-state index < -0.39 is 40.2 Å². The summed E-state index contributed by atoms with van der Waals surface area (Å²) >= 11 is 6.48. The summed E-state index contributed by atoms with van der Waals surface area (Å²) < 4.78 is 81.5. The van der Waals surface area contributed by atoms with E-state index in [0.29, 0.717) is 36.2 Å². The molecule has 0 saturated carbocycles. The molecule has 35 heavy (non-hydrogen) atoms. The summed E-state index contributed by atoms with van der Waals surface area (Å²) in [6, 6.07) is 5.79. The van der Waals surface area contributed by atoms with Crippen molar-refractivity contribution in [2.45, 2.75) is 29.6 Å². The largest absolute Gasteiger partial charge is 0.416 e. The molecule has 2 aromatic heterocycles. The summed E-state index contributed by atoms with van der Waals surface area (Å²) in [4.78, 5) is 12.1. The van der Waals surface area contributed by atoms with Crippen molar-refractivity contribution in [2.75, 3.05) is 6.54 Å². The Kier molecular flexibility index (Phi) is 6.93. The molecular weight excluding hydrogens is 532 g/mol. The molecule has 0 bridgehead atoms. The topological polar surface area (TPSA) is 93.1 Å². The highest BCUT2D eigenvalue weighted by Crippen LogP contribution is 2.36. The predicted octanol–water partition coefficient (Wildman–Crippen LogP) is 5.31. The second kappa shape index (κ2) is 9.63. The first kappa shape index (κ1) is 25.2. The van der Waals surface area contributed by atoms with Gasteiger partial charge in [0.15, 0.2) is 0 Å². The van der Waals surface area contributed by atoms with Gasteiger partial charge in [-0.05, 0) is 61.2 Å². The molecule has 0 spiro atoms. The minimum absolute atomic E-state index is 0.172. The highest BCUT2D eigenvalue weighted by molar-refractivity contribution is 7.92. The van der Waals surface area contributed by atoms with Gasteiger partial charge < -0.3 is 5.32 Å². The third-order valence-corrected chi connectivity index (χ3v) is 8.27. The molecule has 186 valence electrons. The fourth-order valence-corrected chi connectivity index (χ4v) is 6.04. The Morgan fingerprint density at radius 2 is 1.86 bits per heavy atom. The highest BCUT2D eigenvalue weighted by atomic mass is 35.5. The number of amides is 2. The summed E-state index contributed by atoms with van der Waals surface area (Å²) in [5, 5.41) is 6.39. The number of fused-ring (bicyclic) bond motifs is 1. The number of carbonyl (C=O) groups excluding carboxylic acids is 1. The van der Waals surface area contributed by atoms with Gasteiger partial charge in [-0.3, -0.25) is 0 Å². The van der Waals surface area contributed by atoms with E-state index in [1.54, 1.807) is 4.72 Å². The number of halogens is 5. The number of nitrogens with one attached hydrogen (secondary N) is 2. The Bertz CT molecular complexity index is 1400. The van der Waals surface area contributed by atoms with Gasteiger partial charge in [-0.1, -0.05) is 11.6 Å². The number of hydrogen-bond acceptors (Lipinski definition) is 5. The molecule has 3 aromatic rings. The van der Waals surface area contributed by atoms with Crippen molar-refractivity contribution < 1.29 is 30.8 Å². The molecule has 4 rings (SSSR count). The van der Waals surface area contributed by atoms with Gasteiger partial charge in [0, 0.05) is 5.57 Å². The van der Waals surface area contributed by atoms with Crippen molar-refractivity contribution >= 4 is 44.6 Å². The highest BCUT2D eigenvalue weighted by Gasteiger charge is 2.30. The minimum atomic E-state index is -4.49. The first-order valence-electron chi connectivity index (χ1n) is 10.1. The minimum Gasteiger partial charge on any atom is -0.331 e. The lowest BCUT2D eigenvalue weighted by Gasteiger charge is -2.19. The molecule has 0 unspecified atom stereocenters. The predicted molar refractivity (Wildman–Crippen MR) is 123 cm³/mol. The van der Waals surface area contributed by atoms with Gasteiger partial charge >= 0.3 is 12.2 Å². The summed E-state index contributed by atoms with van der Waals surface area (Å²) in [6.07, 6.45) is -1.45. The van der Waals surface area contributed by atoms with Crippen LogP contribution in [0.15, 0.2) is 52.6 Å². The van der Waals surface area contributed by atoms with Gasteiger partial charge in [-0.2, -0.15) is 18.3 Å². The molecule has 1 aromatic carbocycles.